The summed E-state index contributed by atoms with van der Waals surface area (Å²) in [6, 6.07) is 4.66. The third kappa shape index (κ3) is 4.83. The summed E-state index contributed by atoms with van der Waals surface area (Å²) in [5.41, 5.74) is 0.466. The third-order valence-electron chi connectivity index (χ3n) is 3.54. The van der Waals surface area contributed by atoms with Gasteiger partial charge in [-0.1, -0.05) is 23.2 Å². The Hall–Kier alpha value is -1.31. The van der Waals surface area contributed by atoms with Crippen LogP contribution in [-0.4, -0.2) is 50.2 Å². The zero-order valence-corrected chi connectivity index (χ0v) is 14.7. The molecule has 0 aromatic heterocycles. The predicted molar refractivity (Wildman–Crippen MR) is 89.5 cm³/mol. The van der Waals surface area contributed by atoms with Crippen LogP contribution < -0.4 is 5.32 Å². The number of nitrogens with zero attached hydrogens (tertiary/aromatic N) is 1. The van der Waals surface area contributed by atoms with E-state index in [-0.39, 0.29) is 24.0 Å². The van der Waals surface area contributed by atoms with E-state index in [1.807, 2.05) is 0 Å². The largest absolute Gasteiger partial charge is 0.336 e. The molecule has 0 radical (unpaired) electrons. The molecule has 1 aromatic carbocycles. The molecule has 1 N–H and O–H groups in total. The van der Waals surface area contributed by atoms with E-state index in [0.717, 1.165) is 0 Å². The number of benzene rings is 1. The molecule has 1 heterocycles. The minimum Gasteiger partial charge on any atom is -0.336 e. The summed E-state index contributed by atoms with van der Waals surface area (Å²) in [4.78, 5) is 25.4. The molecule has 23 heavy (non-hydrogen) atoms. The average molecular weight is 379 g/mol. The molecule has 1 fully saturated rings. The van der Waals surface area contributed by atoms with Crippen molar-refractivity contribution in [3.8, 4) is 0 Å². The molecule has 6 nitrogen and oxygen atoms in total. The van der Waals surface area contributed by atoms with Gasteiger partial charge < -0.3 is 10.2 Å². The Morgan fingerprint density at radius 3 is 2.57 bits per heavy atom. The lowest BCUT2D eigenvalue weighted by Crippen LogP contribution is -2.39. The van der Waals surface area contributed by atoms with Crippen molar-refractivity contribution in [3.63, 3.8) is 0 Å². The quantitative estimate of drug-likeness (QED) is 0.865. The standard InChI is InChI=1S/C14H16Cl2N2O4S/c1-18(14(20)9-4-5-23(21,22)8-9)7-13(19)17-10-2-3-11(15)12(16)6-10/h2-3,6,9H,4-5,7-8H2,1H3,(H,17,19). The maximum atomic E-state index is 12.2. The molecule has 0 aliphatic carbocycles. The predicted octanol–water partition coefficient (Wildman–Crippen LogP) is 1.82. The number of carbonyl (C=O) groups is 2. The second-order valence-electron chi connectivity index (χ2n) is 5.47. The van der Waals surface area contributed by atoms with Gasteiger partial charge in [-0.3, -0.25) is 9.59 Å². The number of carbonyl (C=O) groups excluding carboxylic acids is 2. The van der Waals surface area contributed by atoms with Crippen LogP contribution >= 0.6 is 23.2 Å². The van der Waals surface area contributed by atoms with Crippen LogP contribution in [0.25, 0.3) is 0 Å². The van der Waals surface area contributed by atoms with E-state index in [0.29, 0.717) is 22.2 Å². The van der Waals surface area contributed by atoms with E-state index in [2.05, 4.69) is 5.32 Å². The summed E-state index contributed by atoms with van der Waals surface area (Å²) < 4.78 is 22.8. The van der Waals surface area contributed by atoms with Crippen LogP contribution in [-0.2, 0) is 19.4 Å². The van der Waals surface area contributed by atoms with Gasteiger partial charge >= 0.3 is 0 Å². The lowest BCUT2D eigenvalue weighted by Gasteiger charge is -2.20. The third-order valence-corrected chi connectivity index (χ3v) is 6.05. The first kappa shape index (κ1) is 18.0. The van der Waals surface area contributed by atoms with Crippen molar-refractivity contribution in [2.75, 3.05) is 30.4 Å². The van der Waals surface area contributed by atoms with Gasteiger partial charge in [-0.2, -0.15) is 0 Å². The SMILES string of the molecule is CN(CC(=O)Nc1ccc(Cl)c(Cl)c1)C(=O)C1CCS(=O)(=O)C1. The second-order valence-corrected chi connectivity index (χ2v) is 8.51. The van der Waals surface area contributed by atoms with Crippen LogP contribution in [0.5, 0.6) is 0 Å². The summed E-state index contributed by atoms with van der Waals surface area (Å²) >= 11 is 11.7. The van der Waals surface area contributed by atoms with E-state index in [1.54, 1.807) is 12.1 Å². The fraction of sp³-hybridized carbons (Fsp3) is 0.429. The highest BCUT2D eigenvalue weighted by Crippen LogP contribution is 2.25. The first-order chi connectivity index (χ1) is 10.7. The summed E-state index contributed by atoms with van der Waals surface area (Å²) in [5.74, 6) is -1.43. The summed E-state index contributed by atoms with van der Waals surface area (Å²) in [5, 5.41) is 3.29. The molecule has 1 aliphatic rings. The van der Waals surface area contributed by atoms with Crippen molar-refractivity contribution in [2.24, 2.45) is 5.92 Å². The highest BCUT2D eigenvalue weighted by molar-refractivity contribution is 7.91. The van der Waals surface area contributed by atoms with Gasteiger partial charge in [0, 0.05) is 12.7 Å². The van der Waals surface area contributed by atoms with E-state index in [1.165, 1.54) is 18.0 Å². The smallest absolute Gasteiger partial charge is 0.243 e. The first-order valence-electron chi connectivity index (χ1n) is 6.88. The minimum absolute atomic E-state index is 0.0206. The molecule has 1 atom stereocenters. The molecular formula is C14H16Cl2N2O4S. The summed E-state index contributed by atoms with van der Waals surface area (Å²) in [6.45, 7) is -0.171. The first-order valence-corrected chi connectivity index (χ1v) is 9.46. The monoisotopic (exact) mass is 378 g/mol. The van der Waals surface area contributed by atoms with Gasteiger partial charge in [0.15, 0.2) is 9.84 Å². The fourth-order valence-corrected chi connectivity index (χ4v) is 4.40. The summed E-state index contributed by atoms with van der Waals surface area (Å²) in [6.07, 6.45) is 0.305. The van der Waals surface area contributed by atoms with E-state index < -0.39 is 21.7 Å². The van der Waals surface area contributed by atoms with Crippen LogP contribution in [0.2, 0.25) is 10.0 Å². The van der Waals surface area contributed by atoms with Crippen molar-refractivity contribution in [1.29, 1.82) is 0 Å². The molecule has 1 aromatic rings. The maximum absolute atomic E-state index is 12.2. The highest BCUT2D eigenvalue weighted by Gasteiger charge is 2.34. The Kier molecular flexibility index (Phi) is 5.54. The van der Waals surface area contributed by atoms with Crippen molar-refractivity contribution < 1.29 is 18.0 Å². The molecule has 2 rings (SSSR count). The maximum Gasteiger partial charge on any atom is 0.243 e. The Bertz CT molecular complexity index is 736. The number of hydrogen-bond donors (Lipinski definition) is 1. The van der Waals surface area contributed by atoms with E-state index in [4.69, 9.17) is 23.2 Å². The van der Waals surface area contributed by atoms with Gasteiger partial charge in [0.2, 0.25) is 11.8 Å². The average Bonchev–Trinajstić information content (AvgIpc) is 2.82. The normalized spacial score (nSPS) is 19.3. The zero-order valence-electron chi connectivity index (χ0n) is 12.4. The number of amides is 2. The van der Waals surface area contributed by atoms with Gasteiger partial charge in [-0.25, -0.2) is 8.42 Å². The molecule has 126 valence electrons. The second kappa shape index (κ2) is 7.07. The topological polar surface area (TPSA) is 83.6 Å². The van der Waals surface area contributed by atoms with Gasteiger partial charge in [0.05, 0.1) is 34.0 Å². The van der Waals surface area contributed by atoms with Crippen molar-refractivity contribution in [1.82, 2.24) is 4.90 Å². The van der Waals surface area contributed by atoms with E-state index >= 15 is 0 Å². The van der Waals surface area contributed by atoms with Crippen molar-refractivity contribution in [2.45, 2.75) is 6.42 Å². The molecule has 1 unspecified atom stereocenters. The van der Waals surface area contributed by atoms with E-state index in [9.17, 15) is 18.0 Å². The Morgan fingerprint density at radius 1 is 1.30 bits per heavy atom. The van der Waals surface area contributed by atoms with Crippen LogP contribution in [0.15, 0.2) is 18.2 Å². The molecule has 0 saturated carbocycles. The van der Waals surface area contributed by atoms with Crippen LogP contribution in [0.4, 0.5) is 5.69 Å². The number of hydrogen-bond acceptors (Lipinski definition) is 4. The zero-order chi connectivity index (χ0) is 17.2. The van der Waals surface area contributed by atoms with Gasteiger partial charge in [0.25, 0.3) is 0 Å². The number of anilines is 1. The molecular weight excluding hydrogens is 363 g/mol. The van der Waals surface area contributed by atoms with Gasteiger partial charge in [0.1, 0.15) is 0 Å². The molecule has 0 bridgehead atoms. The van der Waals surface area contributed by atoms with Gasteiger partial charge in [-0.15, -0.1) is 0 Å². The molecule has 1 aliphatic heterocycles. The Labute approximate surface area is 144 Å². The lowest BCUT2D eigenvalue weighted by atomic mass is 10.1. The number of sulfone groups is 1. The Balaban J connectivity index is 1.91. The number of likely N-dealkylation sites (N-methyl/N-ethyl adjacent to an activating group) is 1. The highest BCUT2D eigenvalue weighted by atomic mass is 35.5. The number of nitrogens with one attached hydrogen (secondary N) is 1. The fourth-order valence-electron chi connectivity index (χ4n) is 2.37. The molecule has 0 spiro atoms. The molecule has 1 saturated heterocycles. The van der Waals surface area contributed by atoms with Crippen LogP contribution in [0.3, 0.4) is 0 Å². The summed E-state index contributed by atoms with van der Waals surface area (Å²) in [7, 11) is -1.66. The van der Waals surface area contributed by atoms with Crippen LogP contribution in [0, 0.1) is 5.92 Å². The molecule has 9 heteroatoms. The number of halogens is 2. The van der Waals surface area contributed by atoms with Crippen LogP contribution in [0.1, 0.15) is 6.42 Å². The number of rotatable bonds is 4. The lowest BCUT2D eigenvalue weighted by molar-refractivity contribution is -0.136. The van der Waals surface area contributed by atoms with Gasteiger partial charge in [-0.05, 0) is 24.6 Å². The Morgan fingerprint density at radius 2 is 2.00 bits per heavy atom. The molecule has 2 amide bonds. The van der Waals surface area contributed by atoms with Crippen molar-refractivity contribution >= 4 is 50.5 Å². The van der Waals surface area contributed by atoms with Crippen molar-refractivity contribution in [3.05, 3.63) is 28.2 Å². The minimum atomic E-state index is -3.14.